The summed E-state index contributed by atoms with van der Waals surface area (Å²) in [7, 11) is 4.95. The van der Waals surface area contributed by atoms with Crippen LogP contribution in [0.1, 0.15) is 24.8 Å². The number of alkyl halides is 3. The lowest BCUT2D eigenvalue weighted by molar-refractivity contribution is -0.862. The predicted octanol–water partition coefficient (Wildman–Crippen LogP) is 1.24. The van der Waals surface area contributed by atoms with E-state index in [2.05, 4.69) is 5.32 Å². The number of carbonyl (C=O) groups is 2. The lowest BCUT2D eigenvalue weighted by Crippen LogP contribution is -3.11. The van der Waals surface area contributed by atoms with Crippen LogP contribution >= 0.6 is 0 Å². The van der Waals surface area contributed by atoms with E-state index in [1.165, 1.54) is 11.0 Å². The Hall–Kier alpha value is -2.29. The molecular weight excluding hydrogens is 373 g/mol. The largest absolute Gasteiger partial charge is 0.416 e. The van der Waals surface area contributed by atoms with Gasteiger partial charge in [-0.25, -0.2) is 0 Å². The van der Waals surface area contributed by atoms with Crippen molar-refractivity contribution in [2.24, 2.45) is 0 Å². The van der Waals surface area contributed by atoms with E-state index >= 15 is 0 Å². The number of hydrogen-bond acceptors (Lipinski definition) is 3. The summed E-state index contributed by atoms with van der Waals surface area (Å²) >= 11 is 0. The fourth-order valence-electron chi connectivity index (χ4n) is 3.17. The van der Waals surface area contributed by atoms with Crippen LogP contribution in [0.25, 0.3) is 0 Å². The molecule has 0 radical (unpaired) electrons. The molecule has 0 aliphatic carbocycles. The molecule has 9 heteroatoms. The molecule has 0 saturated carbocycles. The normalized spacial score (nSPS) is 15.9. The Morgan fingerprint density at radius 2 is 1.79 bits per heavy atom. The number of benzene rings is 1. The second-order valence-electron chi connectivity index (χ2n) is 7.42. The number of likely N-dealkylation sites (N-methyl/N-ethyl adjacent to an activating group) is 2. The van der Waals surface area contributed by atoms with Crippen LogP contribution in [0.3, 0.4) is 0 Å². The first-order chi connectivity index (χ1) is 13.1. The highest BCUT2D eigenvalue weighted by molar-refractivity contribution is 5.95. The molecule has 1 unspecified atom stereocenters. The Kier molecular flexibility index (Phi) is 7.29. The maximum absolute atomic E-state index is 13.1. The van der Waals surface area contributed by atoms with E-state index in [-0.39, 0.29) is 24.7 Å². The molecule has 2 amide bonds. The number of piperidine rings is 1. The molecule has 0 bridgehead atoms. The van der Waals surface area contributed by atoms with E-state index in [0.29, 0.717) is 10.6 Å². The molecule has 1 aromatic rings. The van der Waals surface area contributed by atoms with Gasteiger partial charge in [-0.05, 0) is 37.5 Å². The van der Waals surface area contributed by atoms with Gasteiger partial charge < -0.3 is 20.0 Å². The Morgan fingerprint density at radius 1 is 1.14 bits per heavy atom. The number of carbonyl (C=O) groups excluding carboxylic acids is 2. The van der Waals surface area contributed by atoms with E-state index in [4.69, 9.17) is 0 Å². The van der Waals surface area contributed by atoms with Gasteiger partial charge in [-0.3, -0.25) is 9.59 Å². The maximum Gasteiger partial charge on any atom is 0.416 e. The van der Waals surface area contributed by atoms with E-state index in [1.54, 1.807) is 21.1 Å². The van der Waals surface area contributed by atoms with Gasteiger partial charge in [0.2, 0.25) is 0 Å². The second-order valence-corrected chi connectivity index (χ2v) is 7.42. The minimum atomic E-state index is -4.49. The summed E-state index contributed by atoms with van der Waals surface area (Å²) in [5.74, 6) is -0.556. The minimum absolute atomic E-state index is 0.0186. The van der Waals surface area contributed by atoms with Crippen molar-refractivity contribution in [3.8, 4) is 0 Å². The van der Waals surface area contributed by atoms with Crippen molar-refractivity contribution in [3.05, 3.63) is 23.8 Å². The van der Waals surface area contributed by atoms with Gasteiger partial charge in [0.15, 0.2) is 13.1 Å². The van der Waals surface area contributed by atoms with E-state index in [1.807, 2.05) is 4.90 Å². The molecule has 1 aliphatic heterocycles. The number of nitrogens with one attached hydrogen (secondary N) is 2. The van der Waals surface area contributed by atoms with Crippen molar-refractivity contribution < 1.29 is 27.7 Å². The van der Waals surface area contributed by atoms with Gasteiger partial charge in [0.25, 0.3) is 11.8 Å². The van der Waals surface area contributed by atoms with Crippen molar-refractivity contribution in [1.82, 2.24) is 4.90 Å². The highest BCUT2D eigenvalue weighted by Gasteiger charge is 2.32. The first-order valence-corrected chi connectivity index (χ1v) is 9.35. The smallest absolute Gasteiger partial charge is 0.370 e. The molecule has 1 aliphatic rings. The highest BCUT2D eigenvalue weighted by atomic mass is 19.4. The van der Waals surface area contributed by atoms with Crippen molar-refractivity contribution >= 4 is 23.2 Å². The van der Waals surface area contributed by atoms with Gasteiger partial charge >= 0.3 is 6.18 Å². The Balaban J connectivity index is 2.16. The molecule has 0 spiro atoms. The summed E-state index contributed by atoms with van der Waals surface area (Å²) in [5.41, 5.74) is -0.0384. The van der Waals surface area contributed by atoms with Crippen LogP contribution in [0, 0.1) is 0 Å². The highest BCUT2D eigenvalue weighted by Crippen LogP contribution is 2.36. The first-order valence-electron chi connectivity index (χ1n) is 9.35. The van der Waals surface area contributed by atoms with Crippen LogP contribution in [0.4, 0.5) is 24.5 Å². The zero-order valence-corrected chi connectivity index (χ0v) is 16.5. The third-order valence-electron chi connectivity index (χ3n) is 4.71. The molecule has 1 fully saturated rings. The number of quaternary nitrogens is 1. The van der Waals surface area contributed by atoms with E-state index in [0.717, 1.165) is 44.5 Å². The number of nitrogens with zero attached hydrogens (tertiary/aromatic N) is 2. The Labute approximate surface area is 163 Å². The molecule has 156 valence electrons. The van der Waals surface area contributed by atoms with Crippen molar-refractivity contribution in [2.75, 3.05) is 57.5 Å². The average molecular weight is 401 g/mol. The molecule has 2 rings (SSSR count). The molecule has 6 nitrogen and oxygen atoms in total. The molecule has 1 aromatic carbocycles. The minimum Gasteiger partial charge on any atom is -0.370 e. The average Bonchev–Trinajstić information content (AvgIpc) is 2.61. The summed E-state index contributed by atoms with van der Waals surface area (Å²) in [6.45, 7) is 1.60. The van der Waals surface area contributed by atoms with Gasteiger partial charge in [-0.15, -0.1) is 0 Å². The molecule has 1 atom stereocenters. The zero-order chi connectivity index (χ0) is 20.9. The topological polar surface area (TPSA) is 57.1 Å². The Morgan fingerprint density at radius 3 is 2.36 bits per heavy atom. The van der Waals surface area contributed by atoms with Gasteiger partial charge in [0.05, 0.1) is 24.0 Å². The fraction of sp³-hybridized carbons (Fsp3) is 0.579. The maximum atomic E-state index is 13.1. The first kappa shape index (κ1) is 22.0. The molecule has 2 N–H and O–H groups in total. The van der Waals surface area contributed by atoms with Crippen LogP contribution in [0.5, 0.6) is 0 Å². The summed E-state index contributed by atoms with van der Waals surface area (Å²) in [6.07, 6.45) is -1.46. The monoisotopic (exact) mass is 401 g/mol. The number of halogens is 3. The molecular formula is C19H28F3N4O2+. The summed E-state index contributed by atoms with van der Waals surface area (Å²) < 4.78 is 39.4. The quantitative estimate of drug-likeness (QED) is 0.754. The van der Waals surface area contributed by atoms with Gasteiger partial charge in [-0.2, -0.15) is 13.2 Å². The molecule has 28 heavy (non-hydrogen) atoms. The Bertz CT molecular complexity index is 701. The van der Waals surface area contributed by atoms with Crippen LogP contribution in [0.2, 0.25) is 0 Å². The predicted molar refractivity (Wildman–Crippen MR) is 101 cm³/mol. The second kappa shape index (κ2) is 9.27. The number of amides is 2. The van der Waals surface area contributed by atoms with Crippen LogP contribution < -0.4 is 15.1 Å². The van der Waals surface area contributed by atoms with Crippen LogP contribution in [-0.2, 0) is 15.8 Å². The summed E-state index contributed by atoms with van der Waals surface area (Å²) in [4.78, 5) is 28.3. The third-order valence-corrected chi connectivity index (χ3v) is 4.71. The summed E-state index contributed by atoms with van der Waals surface area (Å²) in [6, 6.07) is 3.46. The lowest BCUT2D eigenvalue weighted by Gasteiger charge is -2.31. The van der Waals surface area contributed by atoms with Crippen LogP contribution in [0.15, 0.2) is 18.2 Å². The van der Waals surface area contributed by atoms with Crippen LogP contribution in [-0.4, -0.2) is 64.0 Å². The number of rotatable bonds is 6. The summed E-state index contributed by atoms with van der Waals surface area (Å²) in [5, 5.41) is 2.63. The van der Waals surface area contributed by atoms with E-state index < -0.39 is 17.6 Å². The zero-order valence-electron chi connectivity index (χ0n) is 16.5. The van der Waals surface area contributed by atoms with Gasteiger partial charge in [0.1, 0.15) is 0 Å². The van der Waals surface area contributed by atoms with Crippen molar-refractivity contribution in [1.29, 1.82) is 0 Å². The fourth-order valence-corrected chi connectivity index (χ4v) is 3.17. The SMILES string of the molecule is CN(C)C(=O)C[NH+](C)CC(=O)Nc1cc(C(F)(F)F)ccc1N1CCCCC1. The van der Waals surface area contributed by atoms with Gasteiger partial charge in [-0.1, -0.05) is 0 Å². The van der Waals surface area contributed by atoms with Crippen molar-refractivity contribution in [3.63, 3.8) is 0 Å². The van der Waals surface area contributed by atoms with Gasteiger partial charge in [0, 0.05) is 27.2 Å². The molecule has 1 saturated heterocycles. The number of anilines is 2. The van der Waals surface area contributed by atoms with Crippen molar-refractivity contribution in [2.45, 2.75) is 25.4 Å². The number of hydrogen-bond donors (Lipinski definition) is 2. The third kappa shape index (κ3) is 6.12. The molecule has 1 heterocycles. The molecule has 0 aromatic heterocycles. The van der Waals surface area contributed by atoms with E-state index in [9.17, 15) is 22.8 Å². The standard InChI is InChI=1S/C19H27F3N4O2/c1-24(2)18(28)13-25(3)12-17(27)23-15-11-14(19(20,21)22)7-8-16(15)26-9-5-4-6-10-26/h7-8,11H,4-6,9-10,12-13H2,1-3H3,(H,23,27)/p+1. The lowest BCUT2D eigenvalue weighted by atomic mass is 10.1.